The molecule has 0 radical (unpaired) electrons. The number of rotatable bonds is 10. The average Bonchev–Trinajstić information content (AvgIpc) is 2.75. The van der Waals surface area contributed by atoms with Gasteiger partial charge in [0.15, 0.2) is 0 Å². The van der Waals surface area contributed by atoms with Crippen molar-refractivity contribution in [3.05, 3.63) is 16.1 Å². The quantitative estimate of drug-likeness (QED) is 0.715. The lowest BCUT2D eigenvalue weighted by Crippen LogP contribution is -2.20. The van der Waals surface area contributed by atoms with Gasteiger partial charge in [0.1, 0.15) is 0 Å². The molecule has 0 spiro atoms. The SMILES string of the molecule is CCCC(CCN)CCCN(C)Cc1csc(C)n1. The van der Waals surface area contributed by atoms with E-state index in [1.165, 1.54) is 37.8 Å². The monoisotopic (exact) mass is 283 g/mol. The van der Waals surface area contributed by atoms with Crippen molar-refractivity contribution in [2.24, 2.45) is 11.7 Å². The van der Waals surface area contributed by atoms with Crippen molar-refractivity contribution in [1.29, 1.82) is 0 Å². The zero-order valence-corrected chi connectivity index (χ0v) is 13.5. The Kier molecular flexibility index (Phi) is 8.26. The van der Waals surface area contributed by atoms with Gasteiger partial charge in [-0.15, -0.1) is 11.3 Å². The molecule has 3 nitrogen and oxygen atoms in total. The fourth-order valence-corrected chi connectivity index (χ4v) is 3.17. The van der Waals surface area contributed by atoms with Crippen molar-refractivity contribution in [3.8, 4) is 0 Å². The Morgan fingerprint density at radius 2 is 2.16 bits per heavy atom. The van der Waals surface area contributed by atoms with Gasteiger partial charge in [0.2, 0.25) is 0 Å². The summed E-state index contributed by atoms with van der Waals surface area (Å²) in [5.41, 5.74) is 6.88. The minimum atomic E-state index is 0.824. The lowest BCUT2D eigenvalue weighted by atomic mass is 9.94. The normalized spacial score (nSPS) is 13.1. The van der Waals surface area contributed by atoms with Crippen molar-refractivity contribution in [2.75, 3.05) is 20.1 Å². The molecule has 4 heteroatoms. The number of nitrogens with two attached hydrogens (primary N) is 1. The molecule has 19 heavy (non-hydrogen) atoms. The van der Waals surface area contributed by atoms with E-state index in [1.54, 1.807) is 11.3 Å². The highest BCUT2D eigenvalue weighted by Crippen LogP contribution is 2.17. The molecular formula is C15H29N3S. The predicted octanol–water partition coefficient (Wildman–Crippen LogP) is 3.43. The molecule has 0 fully saturated rings. The fraction of sp³-hybridized carbons (Fsp3) is 0.800. The Bertz CT molecular complexity index is 332. The molecule has 110 valence electrons. The third kappa shape index (κ3) is 7.04. The van der Waals surface area contributed by atoms with Gasteiger partial charge < -0.3 is 10.6 Å². The van der Waals surface area contributed by atoms with Crippen LogP contribution in [0.1, 0.15) is 49.7 Å². The van der Waals surface area contributed by atoms with E-state index in [4.69, 9.17) is 5.73 Å². The van der Waals surface area contributed by atoms with Crippen LogP contribution in [0.25, 0.3) is 0 Å². The third-order valence-corrected chi connectivity index (χ3v) is 4.34. The van der Waals surface area contributed by atoms with Crippen molar-refractivity contribution < 1.29 is 0 Å². The molecule has 1 heterocycles. The van der Waals surface area contributed by atoms with Gasteiger partial charge in [-0.3, -0.25) is 0 Å². The Balaban J connectivity index is 2.20. The van der Waals surface area contributed by atoms with Gasteiger partial charge in [-0.1, -0.05) is 19.8 Å². The maximum absolute atomic E-state index is 5.68. The number of hydrogen-bond acceptors (Lipinski definition) is 4. The Morgan fingerprint density at radius 3 is 2.74 bits per heavy atom. The molecule has 1 unspecified atom stereocenters. The van der Waals surface area contributed by atoms with E-state index < -0.39 is 0 Å². The van der Waals surface area contributed by atoms with Crippen LogP contribution in [0.5, 0.6) is 0 Å². The summed E-state index contributed by atoms with van der Waals surface area (Å²) in [7, 11) is 2.19. The van der Waals surface area contributed by atoms with Crippen LogP contribution in [0.2, 0.25) is 0 Å². The zero-order valence-electron chi connectivity index (χ0n) is 12.7. The van der Waals surface area contributed by atoms with Crippen molar-refractivity contribution >= 4 is 11.3 Å². The number of aromatic nitrogens is 1. The highest BCUT2D eigenvalue weighted by molar-refractivity contribution is 7.09. The Morgan fingerprint density at radius 1 is 1.37 bits per heavy atom. The summed E-state index contributed by atoms with van der Waals surface area (Å²) in [4.78, 5) is 6.89. The molecule has 0 aliphatic rings. The zero-order chi connectivity index (χ0) is 14.1. The summed E-state index contributed by atoms with van der Waals surface area (Å²) >= 11 is 1.74. The largest absolute Gasteiger partial charge is 0.330 e. The van der Waals surface area contributed by atoms with Gasteiger partial charge in [0.05, 0.1) is 10.7 Å². The predicted molar refractivity (Wildman–Crippen MR) is 84.5 cm³/mol. The Labute approximate surface area is 122 Å². The minimum absolute atomic E-state index is 0.824. The topological polar surface area (TPSA) is 42.1 Å². The van der Waals surface area contributed by atoms with Gasteiger partial charge in [-0.05, 0) is 52.2 Å². The second kappa shape index (κ2) is 9.45. The first-order chi connectivity index (χ1) is 9.15. The summed E-state index contributed by atoms with van der Waals surface area (Å²) in [5.74, 6) is 0.824. The number of thiazole rings is 1. The van der Waals surface area contributed by atoms with Crippen LogP contribution < -0.4 is 5.73 Å². The van der Waals surface area contributed by atoms with Crippen LogP contribution in [0, 0.1) is 12.8 Å². The van der Waals surface area contributed by atoms with Crippen LogP contribution in [0.4, 0.5) is 0 Å². The first-order valence-electron chi connectivity index (χ1n) is 7.45. The second-order valence-corrected chi connectivity index (χ2v) is 6.53. The summed E-state index contributed by atoms with van der Waals surface area (Å²) in [5, 5.41) is 3.33. The van der Waals surface area contributed by atoms with E-state index in [9.17, 15) is 0 Å². The van der Waals surface area contributed by atoms with Crippen LogP contribution in [0.3, 0.4) is 0 Å². The first kappa shape index (κ1) is 16.6. The van der Waals surface area contributed by atoms with Crippen LogP contribution >= 0.6 is 11.3 Å². The Hall–Kier alpha value is -0.450. The second-order valence-electron chi connectivity index (χ2n) is 5.47. The third-order valence-electron chi connectivity index (χ3n) is 3.52. The minimum Gasteiger partial charge on any atom is -0.330 e. The highest BCUT2D eigenvalue weighted by Gasteiger charge is 2.08. The number of nitrogens with zero attached hydrogens (tertiary/aromatic N) is 2. The van der Waals surface area contributed by atoms with Gasteiger partial charge in [-0.25, -0.2) is 4.98 Å². The van der Waals surface area contributed by atoms with Gasteiger partial charge in [0.25, 0.3) is 0 Å². The van der Waals surface area contributed by atoms with E-state index in [-0.39, 0.29) is 0 Å². The lowest BCUT2D eigenvalue weighted by molar-refractivity contribution is 0.295. The smallest absolute Gasteiger partial charge is 0.0897 e. The van der Waals surface area contributed by atoms with Crippen LogP contribution in [-0.2, 0) is 6.54 Å². The van der Waals surface area contributed by atoms with E-state index in [0.717, 1.165) is 30.6 Å². The molecule has 0 aliphatic carbocycles. The summed E-state index contributed by atoms with van der Waals surface area (Å²) < 4.78 is 0. The summed E-state index contributed by atoms with van der Waals surface area (Å²) in [6.07, 6.45) is 6.36. The highest BCUT2D eigenvalue weighted by atomic mass is 32.1. The molecule has 2 N–H and O–H groups in total. The van der Waals surface area contributed by atoms with E-state index in [2.05, 4.69) is 36.2 Å². The fourth-order valence-electron chi connectivity index (χ4n) is 2.56. The molecule has 0 aromatic carbocycles. The van der Waals surface area contributed by atoms with Crippen LogP contribution in [-0.4, -0.2) is 30.0 Å². The molecule has 0 saturated carbocycles. The van der Waals surface area contributed by atoms with Crippen molar-refractivity contribution in [1.82, 2.24) is 9.88 Å². The van der Waals surface area contributed by atoms with E-state index >= 15 is 0 Å². The summed E-state index contributed by atoms with van der Waals surface area (Å²) in [6, 6.07) is 0. The van der Waals surface area contributed by atoms with Gasteiger partial charge in [-0.2, -0.15) is 0 Å². The number of hydrogen-bond donors (Lipinski definition) is 1. The summed E-state index contributed by atoms with van der Waals surface area (Å²) in [6.45, 7) is 7.29. The van der Waals surface area contributed by atoms with E-state index in [0.29, 0.717) is 0 Å². The van der Waals surface area contributed by atoms with Crippen molar-refractivity contribution in [3.63, 3.8) is 0 Å². The van der Waals surface area contributed by atoms with E-state index in [1.807, 2.05) is 0 Å². The molecular weight excluding hydrogens is 254 g/mol. The molecule has 1 aromatic rings. The lowest BCUT2D eigenvalue weighted by Gasteiger charge is -2.18. The number of aryl methyl sites for hydroxylation is 1. The molecule has 0 bridgehead atoms. The molecule has 0 amide bonds. The maximum Gasteiger partial charge on any atom is 0.0897 e. The molecule has 0 saturated heterocycles. The molecule has 1 aromatic heterocycles. The van der Waals surface area contributed by atoms with Gasteiger partial charge >= 0.3 is 0 Å². The van der Waals surface area contributed by atoms with Gasteiger partial charge in [0, 0.05) is 11.9 Å². The maximum atomic E-state index is 5.68. The molecule has 0 aliphatic heterocycles. The van der Waals surface area contributed by atoms with Crippen LogP contribution in [0.15, 0.2) is 5.38 Å². The molecule has 1 rings (SSSR count). The first-order valence-corrected chi connectivity index (χ1v) is 8.33. The standard InChI is InChI=1S/C15H29N3S/c1-4-6-14(8-9-16)7-5-10-18(3)11-15-12-19-13(2)17-15/h12,14H,4-11,16H2,1-3H3. The molecule has 1 atom stereocenters. The van der Waals surface area contributed by atoms with Crippen molar-refractivity contribution in [2.45, 2.75) is 52.5 Å². The average molecular weight is 283 g/mol.